The summed E-state index contributed by atoms with van der Waals surface area (Å²) in [6.07, 6.45) is -1.09. The Morgan fingerprint density at radius 3 is 2.50 bits per heavy atom. The van der Waals surface area contributed by atoms with Crippen molar-refractivity contribution in [1.82, 2.24) is 0 Å². The predicted octanol–water partition coefficient (Wildman–Crippen LogP) is 3.58. The minimum atomic E-state index is -1.09. The summed E-state index contributed by atoms with van der Waals surface area (Å²) < 4.78 is 19.1. The molecule has 0 spiro atoms. The number of aliphatic hydroxyl groups excluding tert-OH is 1. The maximum absolute atomic E-state index is 13.7. The lowest BCUT2D eigenvalue weighted by Crippen LogP contribution is -2.01. The van der Waals surface area contributed by atoms with Gasteiger partial charge in [0.25, 0.3) is 0 Å². The van der Waals surface area contributed by atoms with Crippen molar-refractivity contribution in [2.24, 2.45) is 0 Å². The van der Waals surface area contributed by atoms with E-state index in [-0.39, 0.29) is 22.7 Å². The molecule has 0 aliphatic rings. The molecule has 20 heavy (non-hydrogen) atoms. The van der Waals surface area contributed by atoms with Gasteiger partial charge in [0.05, 0.1) is 16.6 Å². The number of aliphatic hydroxyl groups is 1. The third-order valence-corrected chi connectivity index (χ3v) is 2.71. The van der Waals surface area contributed by atoms with Gasteiger partial charge in [0.1, 0.15) is 11.6 Å². The fraction of sp³-hybridized carbons (Fsp3) is 0.143. The second-order valence-corrected chi connectivity index (χ2v) is 4.15. The van der Waals surface area contributed by atoms with Crippen molar-refractivity contribution in [2.75, 3.05) is 0 Å². The lowest BCUT2D eigenvalue weighted by Gasteiger charge is -2.13. The van der Waals surface area contributed by atoms with Crippen LogP contribution in [0.15, 0.2) is 42.5 Å². The molecule has 0 fully saturated rings. The molecule has 0 heterocycles. The van der Waals surface area contributed by atoms with Crippen LogP contribution in [0.5, 0.6) is 11.5 Å². The van der Waals surface area contributed by atoms with E-state index in [0.29, 0.717) is 0 Å². The van der Waals surface area contributed by atoms with Crippen LogP contribution in [0.25, 0.3) is 0 Å². The van der Waals surface area contributed by atoms with Gasteiger partial charge in [-0.1, -0.05) is 18.2 Å². The fourth-order valence-corrected chi connectivity index (χ4v) is 1.82. The Balaban J connectivity index is 2.46. The second kappa shape index (κ2) is 5.66. The first kappa shape index (κ1) is 14.0. The van der Waals surface area contributed by atoms with Gasteiger partial charge in [-0.15, -0.1) is 0 Å². The smallest absolute Gasteiger partial charge is 0.311 e. The molecule has 1 unspecified atom stereocenters. The summed E-state index contributed by atoms with van der Waals surface area (Å²) in [6.45, 7) is 1.39. The Morgan fingerprint density at radius 1 is 1.20 bits per heavy atom. The highest BCUT2D eigenvalue weighted by Crippen LogP contribution is 2.35. The van der Waals surface area contributed by atoms with Crippen LogP contribution in [0.3, 0.4) is 0 Å². The summed E-state index contributed by atoms with van der Waals surface area (Å²) in [4.78, 5) is 10.3. The number of ether oxygens (including phenoxy) is 1. The standard InChI is InChI=1S/C14H12FNO4/c1-9(17)14-10(15)5-4-8-13(14)20-12-7-3-2-6-11(12)16(18)19/h2-9,17H,1H3. The third-order valence-electron chi connectivity index (χ3n) is 2.71. The number of rotatable bonds is 4. The van der Waals surface area contributed by atoms with Gasteiger partial charge in [0.15, 0.2) is 0 Å². The van der Waals surface area contributed by atoms with E-state index in [4.69, 9.17) is 4.74 Å². The Kier molecular flexibility index (Phi) is 3.95. The number of halogens is 1. The molecule has 0 saturated carbocycles. The normalized spacial score (nSPS) is 11.9. The molecule has 0 bridgehead atoms. The number of hydrogen-bond donors (Lipinski definition) is 1. The van der Waals surface area contributed by atoms with Crippen molar-refractivity contribution in [3.63, 3.8) is 0 Å². The van der Waals surface area contributed by atoms with E-state index in [1.807, 2.05) is 0 Å². The molecule has 2 aromatic rings. The van der Waals surface area contributed by atoms with Crippen molar-refractivity contribution in [1.29, 1.82) is 0 Å². The van der Waals surface area contributed by atoms with E-state index in [0.717, 1.165) is 0 Å². The van der Waals surface area contributed by atoms with Gasteiger partial charge >= 0.3 is 5.69 Å². The van der Waals surface area contributed by atoms with Crippen molar-refractivity contribution in [3.8, 4) is 11.5 Å². The Bertz CT molecular complexity index is 643. The average molecular weight is 277 g/mol. The molecule has 0 saturated heterocycles. The van der Waals surface area contributed by atoms with E-state index in [1.165, 1.54) is 43.3 Å². The molecule has 6 heteroatoms. The van der Waals surface area contributed by atoms with E-state index in [1.54, 1.807) is 6.07 Å². The number of hydrogen-bond acceptors (Lipinski definition) is 4. The van der Waals surface area contributed by atoms with Crippen molar-refractivity contribution in [2.45, 2.75) is 13.0 Å². The molecule has 5 nitrogen and oxygen atoms in total. The lowest BCUT2D eigenvalue weighted by atomic mass is 10.1. The highest BCUT2D eigenvalue weighted by molar-refractivity contribution is 5.49. The van der Waals surface area contributed by atoms with Crippen LogP contribution in [-0.4, -0.2) is 10.0 Å². The van der Waals surface area contributed by atoms with Crippen LogP contribution in [0.2, 0.25) is 0 Å². The van der Waals surface area contributed by atoms with Crippen LogP contribution in [0.4, 0.5) is 10.1 Å². The van der Waals surface area contributed by atoms with Gasteiger partial charge in [-0.25, -0.2) is 4.39 Å². The molecule has 2 rings (SSSR count). The zero-order valence-electron chi connectivity index (χ0n) is 10.6. The van der Waals surface area contributed by atoms with Crippen LogP contribution >= 0.6 is 0 Å². The first-order chi connectivity index (χ1) is 9.50. The van der Waals surface area contributed by atoms with Crippen LogP contribution < -0.4 is 4.74 Å². The molecule has 104 valence electrons. The Morgan fingerprint density at radius 2 is 1.85 bits per heavy atom. The van der Waals surface area contributed by atoms with Crippen molar-refractivity contribution in [3.05, 3.63) is 64.0 Å². The Hall–Kier alpha value is -2.47. The minimum Gasteiger partial charge on any atom is -0.450 e. The first-order valence-electron chi connectivity index (χ1n) is 5.88. The number of benzene rings is 2. The quantitative estimate of drug-likeness (QED) is 0.684. The lowest BCUT2D eigenvalue weighted by molar-refractivity contribution is -0.385. The zero-order chi connectivity index (χ0) is 14.7. The summed E-state index contributed by atoms with van der Waals surface area (Å²) in [5.41, 5.74) is -0.265. The monoisotopic (exact) mass is 277 g/mol. The largest absolute Gasteiger partial charge is 0.450 e. The Labute approximate surface area is 114 Å². The molecule has 0 aliphatic heterocycles. The molecule has 0 radical (unpaired) electrons. The maximum Gasteiger partial charge on any atom is 0.311 e. The SMILES string of the molecule is CC(O)c1c(F)cccc1Oc1ccccc1[N+](=O)[O-]. The first-order valence-corrected chi connectivity index (χ1v) is 5.88. The summed E-state index contributed by atoms with van der Waals surface area (Å²) in [5, 5.41) is 20.5. The topological polar surface area (TPSA) is 72.6 Å². The number of nitro benzene ring substituents is 1. The second-order valence-electron chi connectivity index (χ2n) is 4.15. The summed E-state index contributed by atoms with van der Waals surface area (Å²) in [6, 6.07) is 9.82. The molecular weight excluding hydrogens is 265 g/mol. The highest BCUT2D eigenvalue weighted by Gasteiger charge is 2.19. The third kappa shape index (κ3) is 2.75. The van der Waals surface area contributed by atoms with Gasteiger partial charge < -0.3 is 9.84 Å². The van der Waals surface area contributed by atoms with Crippen molar-refractivity contribution < 1.29 is 19.2 Å². The minimum absolute atomic E-state index is 0.00926. The maximum atomic E-state index is 13.7. The predicted molar refractivity (Wildman–Crippen MR) is 70.2 cm³/mol. The van der Waals surface area contributed by atoms with Crippen molar-refractivity contribution >= 4 is 5.69 Å². The average Bonchev–Trinajstić information content (AvgIpc) is 2.38. The van der Waals surface area contributed by atoms with Crippen LogP contribution in [0.1, 0.15) is 18.6 Å². The van der Waals surface area contributed by atoms with Gasteiger partial charge in [-0.05, 0) is 25.1 Å². The zero-order valence-corrected chi connectivity index (χ0v) is 10.6. The van der Waals surface area contributed by atoms with Gasteiger partial charge in [-0.2, -0.15) is 0 Å². The van der Waals surface area contributed by atoms with Crippen LogP contribution in [-0.2, 0) is 0 Å². The molecule has 0 aliphatic carbocycles. The number of para-hydroxylation sites is 2. The van der Waals surface area contributed by atoms with E-state index in [9.17, 15) is 19.6 Å². The van der Waals surface area contributed by atoms with Gasteiger partial charge in [0.2, 0.25) is 5.75 Å². The molecular formula is C14H12FNO4. The fourth-order valence-electron chi connectivity index (χ4n) is 1.82. The molecule has 0 amide bonds. The van der Waals surface area contributed by atoms with Crippen LogP contribution in [0, 0.1) is 15.9 Å². The van der Waals surface area contributed by atoms with E-state index in [2.05, 4.69) is 0 Å². The van der Waals surface area contributed by atoms with E-state index >= 15 is 0 Å². The molecule has 0 aromatic heterocycles. The molecule has 1 atom stereocenters. The molecule has 1 N–H and O–H groups in total. The number of nitro groups is 1. The summed E-state index contributed by atoms with van der Waals surface area (Å²) >= 11 is 0. The number of nitrogens with zero attached hydrogens (tertiary/aromatic N) is 1. The van der Waals surface area contributed by atoms with E-state index < -0.39 is 16.8 Å². The highest BCUT2D eigenvalue weighted by atomic mass is 19.1. The van der Waals surface area contributed by atoms with Gasteiger partial charge in [0, 0.05) is 6.07 Å². The molecule has 2 aromatic carbocycles. The summed E-state index contributed by atoms with van der Waals surface area (Å²) in [7, 11) is 0. The summed E-state index contributed by atoms with van der Waals surface area (Å²) in [5.74, 6) is -0.588. The van der Waals surface area contributed by atoms with Gasteiger partial charge in [-0.3, -0.25) is 10.1 Å².